The van der Waals surface area contributed by atoms with E-state index in [0.29, 0.717) is 13.2 Å². The fourth-order valence-corrected chi connectivity index (χ4v) is 0.992. The molecule has 0 saturated heterocycles. The van der Waals surface area contributed by atoms with E-state index < -0.39 is 0 Å². The molecular weight excluding hydrogens is 232 g/mol. The second-order valence-electron chi connectivity index (χ2n) is 4.78. The van der Waals surface area contributed by atoms with E-state index in [0.717, 1.165) is 0 Å². The molecule has 4 heteroatoms. The lowest BCUT2D eigenvalue weighted by molar-refractivity contribution is -0.0679. The summed E-state index contributed by atoms with van der Waals surface area (Å²) < 4.78 is 10.3. The van der Waals surface area contributed by atoms with E-state index in [-0.39, 0.29) is 24.4 Å². The van der Waals surface area contributed by atoms with Gasteiger partial charge in [0, 0.05) is 0 Å². The molecule has 4 nitrogen and oxygen atoms in total. The molecule has 0 unspecified atom stereocenters. The van der Waals surface area contributed by atoms with E-state index in [1.165, 1.54) is 0 Å². The van der Waals surface area contributed by atoms with Gasteiger partial charge in [0.15, 0.2) is 0 Å². The third-order valence-corrected chi connectivity index (χ3v) is 1.98. The molecule has 0 aliphatic rings. The smallest absolute Gasteiger partial charge is 0.0815 e. The van der Waals surface area contributed by atoms with Crippen LogP contribution in [0, 0.1) is 0 Å². The molecule has 0 rings (SSSR count). The van der Waals surface area contributed by atoms with Gasteiger partial charge in [0.2, 0.25) is 0 Å². The van der Waals surface area contributed by atoms with E-state index in [1.807, 2.05) is 27.7 Å². The van der Waals surface area contributed by atoms with E-state index in [2.05, 4.69) is 17.9 Å². The zero-order valence-electron chi connectivity index (χ0n) is 12.1. The Hall–Kier alpha value is -0.680. The second kappa shape index (κ2) is 10.3. The number of hydrogen-bond donors (Lipinski definition) is 2. The highest BCUT2D eigenvalue weighted by molar-refractivity contribution is 4.97. The summed E-state index contributed by atoms with van der Waals surface area (Å²) in [6.07, 6.45) is 3.58. The minimum atomic E-state index is -0.280. The fraction of sp³-hybridized carbons (Fsp3) is 0.714. The summed E-state index contributed by atoms with van der Waals surface area (Å²) in [7, 11) is 0. The van der Waals surface area contributed by atoms with E-state index in [1.54, 1.807) is 12.2 Å². The van der Waals surface area contributed by atoms with Crippen molar-refractivity contribution in [2.75, 3.05) is 26.4 Å². The maximum atomic E-state index is 8.09. The molecule has 0 aromatic rings. The Morgan fingerprint density at radius 2 is 1.22 bits per heavy atom. The Bertz CT molecular complexity index is 200. The summed E-state index contributed by atoms with van der Waals surface area (Å²) in [6.45, 7) is 16.0. The lowest BCUT2D eigenvalue weighted by atomic mass is 10.1. The van der Waals surface area contributed by atoms with E-state index in [4.69, 9.17) is 14.9 Å². The molecule has 0 heterocycles. The lowest BCUT2D eigenvalue weighted by Gasteiger charge is -2.31. The van der Waals surface area contributed by atoms with Gasteiger partial charge >= 0.3 is 0 Å². The molecule has 0 saturated carbocycles. The average Bonchev–Trinajstić information content (AvgIpc) is 2.29. The van der Waals surface area contributed by atoms with Crippen LogP contribution in [0.1, 0.15) is 27.7 Å². The van der Waals surface area contributed by atoms with Crippen LogP contribution in [0.5, 0.6) is 0 Å². The topological polar surface area (TPSA) is 58.9 Å². The van der Waals surface area contributed by atoms with Crippen molar-refractivity contribution >= 4 is 0 Å². The molecule has 0 aromatic carbocycles. The zero-order valence-corrected chi connectivity index (χ0v) is 12.1. The molecule has 108 valence electrons. The molecule has 0 aliphatic heterocycles. The highest BCUT2D eigenvalue weighted by atomic mass is 16.5. The van der Waals surface area contributed by atoms with Crippen molar-refractivity contribution in [3.05, 3.63) is 25.3 Å². The first kappa shape index (κ1) is 19.7. The summed E-state index contributed by atoms with van der Waals surface area (Å²) in [5, 5.41) is 16.2. The third kappa shape index (κ3) is 13.4. The molecule has 0 fully saturated rings. The Morgan fingerprint density at radius 3 is 1.44 bits per heavy atom. The first-order valence-corrected chi connectivity index (χ1v) is 6.01. The maximum Gasteiger partial charge on any atom is 0.0815 e. The number of aliphatic hydroxyl groups excluding tert-OH is 2. The van der Waals surface area contributed by atoms with Gasteiger partial charge in [0.25, 0.3) is 0 Å². The van der Waals surface area contributed by atoms with Gasteiger partial charge in [-0.1, -0.05) is 12.2 Å². The Balaban J connectivity index is 0. The maximum absolute atomic E-state index is 8.09. The number of hydrogen-bond acceptors (Lipinski definition) is 4. The summed E-state index contributed by atoms with van der Waals surface area (Å²) in [5.41, 5.74) is -0.560. The van der Waals surface area contributed by atoms with Gasteiger partial charge in [-0.05, 0) is 27.7 Å². The molecule has 0 spiro atoms. The quantitative estimate of drug-likeness (QED) is 0.517. The summed E-state index contributed by atoms with van der Waals surface area (Å²) >= 11 is 0. The van der Waals surface area contributed by atoms with E-state index in [9.17, 15) is 0 Å². The van der Waals surface area contributed by atoms with Crippen LogP contribution in [0.15, 0.2) is 25.3 Å². The van der Waals surface area contributed by atoms with Crippen LogP contribution in [0.3, 0.4) is 0 Å². The summed E-state index contributed by atoms with van der Waals surface area (Å²) in [4.78, 5) is 0. The lowest BCUT2D eigenvalue weighted by Crippen LogP contribution is -2.33. The van der Waals surface area contributed by atoms with Crippen LogP contribution in [0.2, 0.25) is 0 Å². The standard InChI is InChI=1S/C10H18O.C4H10O3/c1-7-9(3,4)11-10(5,6)8-2;5-1-3-7-4-2-6/h7-8H,1-2H2,3-6H3;5-6H,1-4H2. The SMILES string of the molecule is C=CC(C)(C)OC(C)(C)C=C.OCCOCCO. The van der Waals surface area contributed by atoms with Crippen LogP contribution in [-0.2, 0) is 9.47 Å². The van der Waals surface area contributed by atoms with Gasteiger partial charge < -0.3 is 19.7 Å². The van der Waals surface area contributed by atoms with Gasteiger partial charge in [0.05, 0.1) is 37.6 Å². The van der Waals surface area contributed by atoms with Gasteiger partial charge in [-0.2, -0.15) is 0 Å². The number of rotatable bonds is 8. The second-order valence-corrected chi connectivity index (χ2v) is 4.78. The van der Waals surface area contributed by atoms with Crippen molar-refractivity contribution in [2.24, 2.45) is 0 Å². The predicted molar refractivity (Wildman–Crippen MR) is 74.6 cm³/mol. The van der Waals surface area contributed by atoms with Crippen molar-refractivity contribution in [2.45, 2.75) is 38.9 Å². The van der Waals surface area contributed by atoms with Crippen molar-refractivity contribution in [3.63, 3.8) is 0 Å². The highest BCUT2D eigenvalue weighted by Gasteiger charge is 2.23. The van der Waals surface area contributed by atoms with Crippen LogP contribution < -0.4 is 0 Å². The number of aliphatic hydroxyl groups is 2. The highest BCUT2D eigenvalue weighted by Crippen LogP contribution is 2.21. The van der Waals surface area contributed by atoms with Gasteiger partial charge in [-0.25, -0.2) is 0 Å². The third-order valence-electron chi connectivity index (χ3n) is 1.98. The molecule has 2 N–H and O–H groups in total. The van der Waals surface area contributed by atoms with Crippen LogP contribution >= 0.6 is 0 Å². The predicted octanol–water partition coefficient (Wildman–Crippen LogP) is 1.92. The van der Waals surface area contributed by atoms with Crippen molar-refractivity contribution in [1.82, 2.24) is 0 Å². The largest absolute Gasteiger partial charge is 0.394 e. The average molecular weight is 260 g/mol. The Morgan fingerprint density at radius 1 is 0.889 bits per heavy atom. The molecule has 0 atom stereocenters. The molecule has 0 amide bonds. The molecule has 18 heavy (non-hydrogen) atoms. The normalized spacial score (nSPS) is 11.4. The van der Waals surface area contributed by atoms with Crippen molar-refractivity contribution < 1.29 is 19.7 Å². The fourth-order valence-electron chi connectivity index (χ4n) is 0.992. The summed E-state index contributed by atoms with van der Waals surface area (Å²) in [6, 6.07) is 0. The van der Waals surface area contributed by atoms with Crippen LogP contribution in [0.25, 0.3) is 0 Å². The van der Waals surface area contributed by atoms with Gasteiger partial charge in [0.1, 0.15) is 0 Å². The van der Waals surface area contributed by atoms with Crippen LogP contribution in [-0.4, -0.2) is 47.8 Å². The number of ether oxygens (including phenoxy) is 2. The van der Waals surface area contributed by atoms with Crippen LogP contribution in [0.4, 0.5) is 0 Å². The Labute approximate surface area is 111 Å². The van der Waals surface area contributed by atoms with Crippen molar-refractivity contribution in [3.8, 4) is 0 Å². The molecule has 0 aliphatic carbocycles. The summed E-state index contributed by atoms with van der Waals surface area (Å²) in [5.74, 6) is 0. The van der Waals surface area contributed by atoms with Gasteiger partial charge in [-0.15, -0.1) is 13.2 Å². The molecule has 0 bridgehead atoms. The minimum absolute atomic E-state index is 0.0278. The zero-order chi connectivity index (χ0) is 14.7. The molecule has 0 aromatic heterocycles. The van der Waals surface area contributed by atoms with E-state index >= 15 is 0 Å². The Kier molecular flexibility index (Phi) is 11.2. The monoisotopic (exact) mass is 260 g/mol. The minimum Gasteiger partial charge on any atom is -0.394 e. The van der Waals surface area contributed by atoms with Crippen molar-refractivity contribution in [1.29, 1.82) is 0 Å². The first-order valence-electron chi connectivity index (χ1n) is 6.01. The first-order chi connectivity index (χ1) is 8.24. The molecular formula is C14H28O4. The molecule has 0 radical (unpaired) electrons. The van der Waals surface area contributed by atoms with Gasteiger partial charge in [-0.3, -0.25) is 0 Å².